The van der Waals surface area contributed by atoms with Crippen molar-refractivity contribution in [2.75, 3.05) is 0 Å². The first-order valence-electron chi connectivity index (χ1n) is 4.13. The van der Waals surface area contributed by atoms with Crippen molar-refractivity contribution in [3.05, 3.63) is 0 Å². The molecule has 1 aliphatic rings. The average molecular weight is 362 g/mol. The molecule has 1 fully saturated rings. The molecule has 0 saturated carbocycles. The third kappa shape index (κ3) is 6.09. The van der Waals surface area contributed by atoms with Crippen molar-refractivity contribution in [1.82, 2.24) is 5.32 Å². The molecular formula is C7H12N2O5Se2. The van der Waals surface area contributed by atoms with Crippen molar-refractivity contribution >= 4 is 47.7 Å². The zero-order chi connectivity index (χ0) is 12.7. The Labute approximate surface area is 106 Å². The van der Waals surface area contributed by atoms with Crippen LogP contribution in [0.4, 0.5) is 4.79 Å². The van der Waals surface area contributed by atoms with Gasteiger partial charge in [-0.2, -0.15) is 0 Å². The summed E-state index contributed by atoms with van der Waals surface area (Å²) in [6.45, 7) is 0. The molecule has 0 bridgehead atoms. The summed E-state index contributed by atoms with van der Waals surface area (Å²) in [5.74, 6) is -1.87. The fraction of sp³-hybridized carbons (Fsp3) is 0.571. The van der Waals surface area contributed by atoms with Crippen molar-refractivity contribution in [2.45, 2.75) is 22.7 Å². The summed E-state index contributed by atoms with van der Waals surface area (Å²) in [6.07, 6.45) is 0. The Morgan fingerprint density at radius 2 is 2.19 bits per heavy atom. The minimum atomic E-state index is -0.944. The quantitative estimate of drug-likeness (QED) is 0.430. The molecule has 1 heterocycles. The molecule has 1 saturated heterocycles. The minimum absolute atomic E-state index is 0.102. The van der Waals surface area contributed by atoms with Gasteiger partial charge in [0.1, 0.15) is 0 Å². The van der Waals surface area contributed by atoms with Crippen molar-refractivity contribution < 1.29 is 24.6 Å². The molecule has 1 amide bonds. The number of nitrogens with one attached hydrogen (secondary N) is 1. The standard InChI is InChI=1S/C4H5NO3Se.C3H7NO2Se/c6-3(7)2-1-9-4(8)5-2;4-2(1-7)3(5)6/h2H,1H2,(H,5,8)(H,6,7);2,7H,1,4H2,(H,5,6). The molecule has 1 aliphatic heterocycles. The van der Waals surface area contributed by atoms with Gasteiger partial charge in [0.25, 0.3) is 0 Å². The van der Waals surface area contributed by atoms with E-state index >= 15 is 0 Å². The number of carboxylic acids is 2. The van der Waals surface area contributed by atoms with E-state index in [1.807, 2.05) is 0 Å². The summed E-state index contributed by atoms with van der Waals surface area (Å²) >= 11 is 1.98. The Balaban J connectivity index is 0.000000293. The molecule has 16 heavy (non-hydrogen) atoms. The van der Waals surface area contributed by atoms with Crippen LogP contribution in [0.15, 0.2) is 0 Å². The summed E-state index contributed by atoms with van der Waals surface area (Å²) in [5, 5.41) is 19.6. The number of carbonyl (C=O) groups excluding carboxylic acids is 1. The molecule has 0 aromatic rings. The van der Waals surface area contributed by atoms with E-state index in [9.17, 15) is 14.4 Å². The van der Waals surface area contributed by atoms with Gasteiger partial charge >= 0.3 is 106 Å². The van der Waals surface area contributed by atoms with Crippen LogP contribution in [0.3, 0.4) is 0 Å². The number of rotatable bonds is 3. The summed E-state index contributed by atoms with van der Waals surface area (Å²) in [5.41, 5.74) is 5.00. The number of amides is 1. The Bertz CT molecular complexity index is 286. The molecule has 0 radical (unpaired) electrons. The number of hydrogen-bond donors (Lipinski definition) is 4. The molecule has 92 valence electrons. The Morgan fingerprint density at radius 3 is 2.31 bits per heavy atom. The van der Waals surface area contributed by atoms with Crippen LogP contribution >= 0.6 is 0 Å². The maximum atomic E-state index is 10.4. The topological polar surface area (TPSA) is 130 Å². The predicted octanol–water partition coefficient (Wildman–Crippen LogP) is -2.00. The average Bonchev–Trinajstić information content (AvgIpc) is 2.64. The normalized spacial score (nSPS) is 20.4. The number of carbonyl (C=O) groups is 3. The summed E-state index contributed by atoms with van der Waals surface area (Å²) in [7, 11) is 0. The van der Waals surface area contributed by atoms with Crippen LogP contribution in [0.5, 0.6) is 0 Å². The van der Waals surface area contributed by atoms with Gasteiger partial charge in [0.2, 0.25) is 0 Å². The van der Waals surface area contributed by atoms with E-state index in [0.717, 1.165) is 0 Å². The van der Waals surface area contributed by atoms with Gasteiger partial charge in [-0.3, -0.25) is 0 Å². The Kier molecular flexibility index (Phi) is 7.36. The summed E-state index contributed by atoms with van der Waals surface area (Å²) < 4.78 is 0. The van der Waals surface area contributed by atoms with Gasteiger partial charge in [0.15, 0.2) is 0 Å². The molecule has 0 aliphatic carbocycles. The van der Waals surface area contributed by atoms with Gasteiger partial charge in [-0.15, -0.1) is 0 Å². The zero-order valence-corrected chi connectivity index (χ0v) is 11.7. The van der Waals surface area contributed by atoms with Gasteiger partial charge < -0.3 is 0 Å². The van der Waals surface area contributed by atoms with Crippen molar-refractivity contribution in [3.63, 3.8) is 0 Å². The van der Waals surface area contributed by atoms with Gasteiger partial charge in [-0.1, -0.05) is 0 Å². The van der Waals surface area contributed by atoms with E-state index in [1.165, 1.54) is 0 Å². The van der Waals surface area contributed by atoms with Gasteiger partial charge in [0, 0.05) is 0 Å². The number of hydrogen-bond acceptors (Lipinski definition) is 4. The van der Waals surface area contributed by atoms with Crippen LogP contribution in [-0.4, -0.2) is 70.0 Å². The molecule has 5 N–H and O–H groups in total. The van der Waals surface area contributed by atoms with Crippen LogP contribution in [0.2, 0.25) is 10.6 Å². The SMILES string of the molecule is NC(C[SeH])C(=O)O.O=C1NC(C(=O)O)C[Se]1. The molecule has 7 nitrogen and oxygen atoms in total. The van der Waals surface area contributed by atoms with E-state index in [1.54, 1.807) is 0 Å². The fourth-order valence-corrected chi connectivity index (χ4v) is 2.54. The van der Waals surface area contributed by atoms with Crippen molar-refractivity contribution in [2.24, 2.45) is 5.73 Å². The maximum absolute atomic E-state index is 10.4. The number of carboxylic acid groups (broad SMARTS) is 2. The summed E-state index contributed by atoms with van der Waals surface area (Å²) in [6, 6.07) is -1.32. The second-order valence-corrected chi connectivity index (χ2v) is 5.61. The van der Waals surface area contributed by atoms with E-state index in [-0.39, 0.29) is 19.8 Å². The third-order valence-electron chi connectivity index (χ3n) is 1.49. The van der Waals surface area contributed by atoms with E-state index in [2.05, 4.69) is 21.3 Å². The van der Waals surface area contributed by atoms with E-state index < -0.39 is 24.0 Å². The monoisotopic (exact) mass is 364 g/mol. The van der Waals surface area contributed by atoms with E-state index in [4.69, 9.17) is 15.9 Å². The second kappa shape index (κ2) is 7.64. The molecule has 9 heteroatoms. The molecule has 0 aromatic heterocycles. The fourth-order valence-electron chi connectivity index (χ4n) is 0.596. The summed E-state index contributed by atoms with van der Waals surface area (Å²) in [4.78, 5) is 30.2. The molecule has 1 rings (SSSR count). The molecule has 2 atom stereocenters. The molecule has 0 spiro atoms. The van der Waals surface area contributed by atoms with Crippen molar-refractivity contribution in [1.29, 1.82) is 0 Å². The van der Waals surface area contributed by atoms with Gasteiger partial charge in [-0.25, -0.2) is 0 Å². The van der Waals surface area contributed by atoms with E-state index in [0.29, 0.717) is 10.6 Å². The van der Waals surface area contributed by atoms with Crippen molar-refractivity contribution in [3.8, 4) is 0 Å². The zero-order valence-electron chi connectivity index (χ0n) is 8.12. The second-order valence-electron chi connectivity index (χ2n) is 2.76. The number of nitrogens with two attached hydrogens (primary N) is 1. The predicted molar refractivity (Wildman–Crippen MR) is 58.1 cm³/mol. The third-order valence-corrected chi connectivity index (χ3v) is 4.16. The van der Waals surface area contributed by atoms with Crippen LogP contribution in [0, 0.1) is 0 Å². The number of aliphatic carboxylic acids is 2. The Hall–Kier alpha value is -0.591. The van der Waals surface area contributed by atoms with Gasteiger partial charge in [0.05, 0.1) is 0 Å². The molecule has 2 unspecified atom stereocenters. The first-order chi connectivity index (χ1) is 7.38. The Morgan fingerprint density at radius 1 is 1.62 bits per heavy atom. The van der Waals surface area contributed by atoms with Crippen LogP contribution in [0.1, 0.15) is 0 Å². The van der Waals surface area contributed by atoms with Crippen LogP contribution in [-0.2, 0) is 9.59 Å². The molecule has 0 aromatic carbocycles. The first-order valence-corrected chi connectivity index (χ1v) is 7.53. The first kappa shape index (κ1) is 15.4. The van der Waals surface area contributed by atoms with Gasteiger partial charge in [-0.05, 0) is 0 Å². The molecular weight excluding hydrogens is 350 g/mol. The van der Waals surface area contributed by atoms with Crippen LogP contribution < -0.4 is 11.1 Å². The van der Waals surface area contributed by atoms with Crippen LogP contribution in [0.25, 0.3) is 0 Å².